The predicted octanol–water partition coefficient (Wildman–Crippen LogP) is 4.31. The molecule has 1 aliphatic rings. The van der Waals surface area contributed by atoms with Gasteiger partial charge in [0, 0.05) is 24.5 Å². The van der Waals surface area contributed by atoms with E-state index in [1.165, 1.54) is 17.4 Å². The topological polar surface area (TPSA) is 80.0 Å². The van der Waals surface area contributed by atoms with E-state index in [0.29, 0.717) is 30.1 Å². The lowest BCUT2D eigenvalue weighted by Gasteiger charge is -2.14. The van der Waals surface area contributed by atoms with Crippen LogP contribution in [0.25, 0.3) is 10.4 Å². The average molecular weight is 432 g/mol. The molecule has 0 fully saturated rings. The third-order valence-corrected chi connectivity index (χ3v) is 5.79. The molecule has 9 heteroatoms. The number of carbonyl (C=O) groups is 1. The van der Waals surface area contributed by atoms with Crippen molar-refractivity contribution in [2.45, 2.75) is 25.1 Å². The van der Waals surface area contributed by atoms with Crippen molar-refractivity contribution in [2.75, 3.05) is 17.2 Å². The Morgan fingerprint density at radius 1 is 1.23 bits per heavy atom. The molecule has 1 aliphatic heterocycles. The molecule has 3 aromatic rings. The summed E-state index contributed by atoms with van der Waals surface area (Å²) in [4.78, 5) is 16.8. The number of thiazole rings is 1. The van der Waals surface area contributed by atoms with E-state index in [1.807, 2.05) is 18.2 Å². The third-order valence-electron chi connectivity index (χ3n) is 4.79. The lowest BCUT2D eigenvalue weighted by atomic mass is 10.0. The Balaban J connectivity index is 1.36. The molecule has 0 spiro atoms. The molecule has 0 saturated carbocycles. The number of amides is 1. The van der Waals surface area contributed by atoms with Crippen molar-refractivity contribution in [1.82, 2.24) is 4.98 Å². The van der Waals surface area contributed by atoms with Gasteiger partial charge in [-0.1, -0.05) is 35.6 Å². The van der Waals surface area contributed by atoms with Gasteiger partial charge in [0.05, 0.1) is 16.9 Å². The molecular weight excluding hydrogens is 413 g/mol. The number of benzene rings is 2. The fraction of sp³-hybridized carbons (Fsp3) is 0.238. The lowest BCUT2D eigenvalue weighted by molar-refractivity contribution is -0.137. The zero-order valence-corrected chi connectivity index (χ0v) is 16.6. The van der Waals surface area contributed by atoms with Crippen molar-refractivity contribution in [2.24, 2.45) is 5.73 Å². The summed E-state index contributed by atoms with van der Waals surface area (Å²) in [5, 5.41) is 6.64. The van der Waals surface area contributed by atoms with Gasteiger partial charge >= 0.3 is 6.18 Å². The van der Waals surface area contributed by atoms with Gasteiger partial charge in [-0.25, -0.2) is 4.98 Å². The van der Waals surface area contributed by atoms with Crippen LogP contribution in [0, 0.1) is 0 Å². The van der Waals surface area contributed by atoms with Crippen molar-refractivity contribution in [3.05, 3.63) is 65.4 Å². The number of rotatable bonds is 6. The fourth-order valence-corrected chi connectivity index (χ4v) is 4.16. The molecule has 1 aromatic heterocycles. The monoisotopic (exact) mass is 432 g/mol. The summed E-state index contributed by atoms with van der Waals surface area (Å²) in [6, 6.07) is 10.6. The van der Waals surface area contributed by atoms with Gasteiger partial charge in [-0.15, -0.1) is 0 Å². The maximum Gasteiger partial charge on any atom is 0.416 e. The van der Waals surface area contributed by atoms with E-state index < -0.39 is 11.7 Å². The van der Waals surface area contributed by atoms with Gasteiger partial charge < -0.3 is 16.4 Å². The molecule has 4 rings (SSSR count). The zero-order chi connectivity index (χ0) is 21.3. The van der Waals surface area contributed by atoms with E-state index in [1.54, 1.807) is 12.3 Å². The Morgan fingerprint density at radius 3 is 2.87 bits per heavy atom. The molecule has 0 bridgehead atoms. The fourth-order valence-electron chi connectivity index (χ4n) is 3.34. The molecule has 156 valence electrons. The summed E-state index contributed by atoms with van der Waals surface area (Å²) in [5.74, 6) is -0.0106. The van der Waals surface area contributed by atoms with Gasteiger partial charge in [0.25, 0.3) is 0 Å². The van der Waals surface area contributed by atoms with Crippen molar-refractivity contribution < 1.29 is 18.0 Å². The van der Waals surface area contributed by atoms with E-state index >= 15 is 0 Å². The normalized spacial score (nSPS) is 14.3. The summed E-state index contributed by atoms with van der Waals surface area (Å²) in [6.45, 7) is 0.381. The Kier molecular flexibility index (Phi) is 5.48. The second kappa shape index (κ2) is 8.08. The number of nitrogens with one attached hydrogen (secondary N) is 2. The van der Waals surface area contributed by atoms with E-state index in [4.69, 9.17) is 5.73 Å². The largest absolute Gasteiger partial charge is 0.416 e. The van der Waals surface area contributed by atoms with Crippen molar-refractivity contribution in [3.8, 4) is 10.4 Å². The predicted molar refractivity (Wildman–Crippen MR) is 111 cm³/mol. The first-order valence-corrected chi connectivity index (χ1v) is 10.1. The summed E-state index contributed by atoms with van der Waals surface area (Å²) in [7, 11) is 0. The Hall–Kier alpha value is -2.91. The van der Waals surface area contributed by atoms with Crippen molar-refractivity contribution in [3.63, 3.8) is 0 Å². The van der Waals surface area contributed by atoms with Crippen LogP contribution in [0.4, 0.5) is 24.0 Å². The van der Waals surface area contributed by atoms with Gasteiger partial charge in [-0.2, -0.15) is 13.2 Å². The standard InChI is InChI=1S/C21H19F3N4OS/c22-21(23,24)15-3-1-2-12(6-15)7-16(25)10-26-20-27-11-18(30-20)13-4-5-17-14(8-13)9-19(29)28-17/h1-6,8,11,16H,7,9-10,25H2,(H,26,27)(H,28,29)/t16-/m0/s1. The van der Waals surface area contributed by atoms with E-state index in [2.05, 4.69) is 15.6 Å². The molecule has 1 amide bonds. The van der Waals surface area contributed by atoms with Crippen LogP contribution in [0.3, 0.4) is 0 Å². The summed E-state index contributed by atoms with van der Waals surface area (Å²) in [6.07, 6.45) is -1.92. The maximum atomic E-state index is 12.8. The van der Waals surface area contributed by atoms with Crippen LogP contribution < -0.4 is 16.4 Å². The quantitative estimate of drug-likeness (QED) is 0.543. The highest BCUT2D eigenvalue weighted by Crippen LogP contribution is 2.33. The highest BCUT2D eigenvalue weighted by Gasteiger charge is 2.30. The van der Waals surface area contributed by atoms with Crippen LogP contribution in [0.2, 0.25) is 0 Å². The van der Waals surface area contributed by atoms with Crippen LogP contribution in [0.5, 0.6) is 0 Å². The molecule has 1 atom stereocenters. The number of anilines is 2. The van der Waals surface area contributed by atoms with Gasteiger partial charge in [-0.05, 0) is 41.3 Å². The first-order valence-electron chi connectivity index (χ1n) is 9.32. The van der Waals surface area contributed by atoms with Gasteiger partial charge in [0.1, 0.15) is 0 Å². The van der Waals surface area contributed by atoms with Gasteiger partial charge in [0.15, 0.2) is 5.13 Å². The molecule has 5 nitrogen and oxygen atoms in total. The number of carbonyl (C=O) groups excluding carboxylic acids is 1. The molecular formula is C21H19F3N4OS. The van der Waals surface area contributed by atoms with E-state index in [9.17, 15) is 18.0 Å². The number of aromatic nitrogens is 1. The highest BCUT2D eigenvalue weighted by atomic mass is 32.1. The van der Waals surface area contributed by atoms with E-state index in [-0.39, 0.29) is 11.9 Å². The molecule has 0 saturated heterocycles. The number of nitrogens with zero attached hydrogens (tertiary/aromatic N) is 1. The van der Waals surface area contributed by atoms with Crippen molar-refractivity contribution in [1.29, 1.82) is 0 Å². The molecule has 30 heavy (non-hydrogen) atoms. The molecule has 2 heterocycles. The number of hydrogen-bond donors (Lipinski definition) is 3. The summed E-state index contributed by atoms with van der Waals surface area (Å²) < 4.78 is 38.5. The van der Waals surface area contributed by atoms with Crippen LogP contribution in [0.15, 0.2) is 48.7 Å². The number of nitrogens with two attached hydrogens (primary N) is 1. The van der Waals surface area contributed by atoms with Crippen LogP contribution in [0.1, 0.15) is 16.7 Å². The summed E-state index contributed by atoms with van der Waals surface area (Å²) in [5.41, 5.74) is 8.75. The molecule has 0 unspecified atom stereocenters. The Morgan fingerprint density at radius 2 is 2.07 bits per heavy atom. The minimum atomic E-state index is -4.36. The second-order valence-electron chi connectivity index (χ2n) is 7.17. The number of halogens is 3. The SMILES string of the molecule is N[C@H](CNc1ncc(-c2ccc3c(c2)CC(=O)N3)s1)Cc1cccc(C(F)(F)F)c1. The number of hydrogen-bond acceptors (Lipinski definition) is 5. The smallest absolute Gasteiger partial charge is 0.360 e. The molecule has 0 aliphatic carbocycles. The third kappa shape index (κ3) is 4.63. The first-order chi connectivity index (χ1) is 14.3. The Labute approximate surface area is 175 Å². The molecule has 4 N–H and O–H groups in total. The second-order valence-corrected chi connectivity index (χ2v) is 8.20. The minimum absolute atomic E-state index is 0.0106. The number of alkyl halides is 3. The van der Waals surface area contributed by atoms with Gasteiger partial charge in [-0.3, -0.25) is 4.79 Å². The molecule has 2 aromatic carbocycles. The maximum absolute atomic E-state index is 12.8. The Bertz CT molecular complexity index is 1080. The van der Waals surface area contributed by atoms with E-state index in [0.717, 1.165) is 33.8 Å². The average Bonchev–Trinajstić information content (AvgIpc) is 3.31. The number of fused-ring (bicyclic) bond motifs is 1. The van der Waals surface area contributed by atoms with Gasteiger partial charge in [0.2, 0.25) is 5.91 Å². The lowest BCUT2D eigenvalue weighted by Crippen LogP contribution is -2.31. The molecule has 0 radical (unpaired) electrons. The first kappa shape index (κ1) is 20.4. The summed E-state index contributed by atoms with van der Waals surface area (Å²) >= 11 is 1.45. The zero-order valence-electron chi connectivity index (χ0n) is 15.8. The minimum Gasteiger partial charge on any atom is -0.360 e. The van der Waals surface area contributed by atoms with Crippen LogP contribution in [-0.2, 0) is 23.8 Å². The van der Waals surface area contributed by atoms with Crippen LogP contribution in [-0.4, -0.2) is 23.5 Å². The highest BCUT2D eigenvalue weighted by molar-refractivity contribution is 7.18. The van der Waals surface area contributed by atoms with Crippen LogP contribution >= 0.6 is 11.3 Å². The van der Waals surface area contributed by atoms with Crippen molar-refractivity contribution >= 4 is 28.1 Å².